The van der Waals surface area contributed by atoms with Gasteiger partial charge < -0.3 is 21.2 Å². The van der Waals surface area contributed by atoms with Gasteiger partial charge in [-0.3, -0.25) is 9.78 Å². The Morgan fingerprint density at radius 3 is 2.76 bits per heavy atom. The number of oxime groups is 1. The van der Waals surface area contributed by atoms with E-state index in [1.165, 1.54) is 0 Å². The van der Waals surface area contributed by atoms with E-state index in [1.807, 2.05) is 26.8 Å². The van der Waals surface area contributed by atoms with Gasteiger partial charge in [0.05, 0.1) is 6.04 Å². The van der Waals surface area contributed by atoms with Gasteiger partial charge in [0.1, 0.15) is 5.69 Å². The zero-order chi connectivity index (χ0) is 15.8. The van der Waals surface area contributed by atoms with Crippen molar-refractivity contribution in [3.8, 4) is 0 Å². The molecule has 0 spiro atoms. The van der Waals surface area contributed by atoms with Crippen LogP contribution < -0.4 is 11.1 Å². The Labute approximate surface area is 124 Å². The molecule has 0 saturated carbocycles. The minimum atomic E-state index is -0.273. The van der Waals surface area contributed by atoms with E-state index in [1.54, 1.807) is 17.2 Å². The lowest BCUT2D eigenvalue weighted by Gasteiger charge is -2.23. The van der Waals surface area contributed by atoms with Crippen molar-refractivity contribution in [3.05, 3.63) is 29.6 Å². The molecule has 1 aromatic rings. The van der Waals surface area contributed by atoms with Gasteiger partial charge in [-0.15, -0.1) is 0 Å². The van der Waals surface area contributed by atoms with Gasteiger partial charge in [0.15, 0.2) is 5.84 Å². The molecule has 116 valence electrons. The quantitative estimate of drug-likeness (QED) is 0.294. The van der Waals surface area contributed by atoms with Crippen LogP contribution in [-0.2, 0) is 11.3 Å². The second-order valence-electron chi connectivity index (χ2n) is 4.65. The van der Waals surface area contributed by atoms with Crippen molar-refractivity contribution < 1.29 is 10.0 Å². The predicted octanol–water partition coefficient (Wildman–Crippen LogP) is 0.523. The maximum atomic E-state index is 12.1. The number of nitrogens with one attached hydrogen (secondary N) is 1. The second-order valence-corrected chi connectivity index (χ2v) is 4.65. The smallest absolute Gasteiger partial charge is 0.239 e. The van der Waals surface area contributed by atoms with Gasteiger partial charge in [0.25, 0.3) is 0 Å². The van der Waals surface area contributed by atoms with E-state index >= 15 is 0 Å². The summed E-state index contributed by atoms with van der Waals surface area (Å²) in [6.07, 6.45) is 1.58. The Morgan fingerprint density at radius 1 is 1.52 bits per heavy atom. The third-order valence-corrected chi connectivity index (χ3v) is 3.25. The summed E-state index contributed by atoms with van der Waals surface area (Å²) < 4.78 is 0. The molecule has 0 radical (unpaired) electrons. The number of carbonyl (C=O) groups is 1. The van der Waals surface area contributed by atoms with E-state index in [4.69, 9.17) is 10.9 Å². The Hall–Kier alpha value is -2.15. The first-order chi connectivity index (χ1) is 10.0. The summed E-state index contributed by atoms with van der Waals surface area (Å²) >= 11 is 0. The number of nitrogens with two attached hydrogens (primary N) is 1. The molecule has 0 bridgehead atoms. The molecule has 0 aromatic carbocycles. The third kappa shape index (κ3) is 4.71. The monoisotopic (exact) mass is 293 g/mol. The Balaban J connectivity index is 2.65. The molecule has 7 nitrogen and oxygen atoms in total. The van der Waals surface area contributed by atoms with E-state index < -0.39 is 0 Å². The second kappa shape index (κ2) is 8.21. The van der Waals surface area contributed by atoms with Crippen LogP contribution in [0.25, 0.3) is 0 Å². The minimum Gasteiger partial charge on any atom is -0.409 e. The number of hydrogen-bond acceptors (Lipinski definition) is 5. The molecule has 1 amide bonds. The Kier molecular flexibility index (Phi) is 6.61. The van der Waals surface area contributed by atoms with Crippen LogP contribution in [0.15, 0.2) is 23.5 Å². The normalized spacial score (nSPS) is 13.0. The summed E-state index contributed by atoms with van der Waals surface area (Å²) in [5.74, 6) is 0.0369. The van der Waals surface area contributed by atoms with Crippen LogP contribution >= 0.6 is 0 Å². The predicted molar refractivity (Wildman–Crippen MR) is 81.0 cm³/mol. The fraction of sp³-hybridized carbons (Fsp3) is 0.500. The molecule has 1 rings (SSSR count). The summed E-state index contributed by atoms with van der Waals surface area (Å²) in [4.78, 5) is 17.9. The van der Waals surface area contributed by atoms with Crippen molar-refractivity contribution in [2.75, 3.05) is 13.1 Å². The molecule has 0 fully saturated rings. The number of pyridine rings is 1. The van der Waals surface area contributed by atoms with Gasteiger partial charge >= 0.3 is 0 Å². The van der Waals surface area contributed by atoms with Crippen LogP contribution in [0.3, 0.4) is 0 Å². The highest BCUT2D eigenvalue weighted by molar-refractivity contribution is 5.95. The molecule has 0 aliphatic rings. The van der Waals surface area contributed by atoms with Gasteiger partial charge in [0.2, 0.25) is 5.91 Å². The SMILES string of the molecule is CCN(CC)C(=O)C(C)NCc1ccnc(/C(N)=N/O)c1. The molecular weight excluding hydrogens is 270 g/mol. The average Bonchev–Trinajstić information content (AvgIpc) is 2.53. The summed E-state index contributed by atoms with van der Waals surface area (Å²) in [6.45, 7) is 7.66. The molecule has 0 aliphatic carbocycles. The third-order valence-electron chi connectivity index (χ3n) is 3.25. The van der Waals surface area contributed by atoms with Gasteiger partial charge in [0, 0.05) is 25.8 Å². The first-order valence-corrected chi connectivity index (χ1v) is 6.98. The first-order valence-electron chi connectivity index (χ1n) is 6.98. The van der Waals surface area contributed by atoms with Crippen LogP contribution in [0.1, 0.15) is 32.0 Å². The average molecular weight is 293 g/mol. The summed E-state index contributed by atoms with van der Waals surface area (Å²) in [5.41, 5.74) is 6.81. The number of hydrogen-bond donors (Lipinski definition) is 3. The molecule has 1 aromatic heterocycles. The first kappa shape index (κ1) is 16.9. The standard InChI is InChI=1S/C14H23N5O2/c1-4-19(5-2)14(20)10(3)17-9-11-6-7-16-12(8-11)13(15)18-21/h6-8,10,17,21H,4-5,9H2,1-3H3,(H2,15,18). The number of nitrogens with zero attached hydrogens (tertiary/aromatic N) is 3. The maximum absolute atomic E-state index is 12.1. The Morgan fingerprint density at radius 2 is 2.19 bits per heavy atom. The summed E-state index contributed by atoms with van der Waals surface area (Å²) in [5, 5.41) is 14.7. The van der Waals surface area contributed by atoms with Crippen molar-refractivity contribution in [2.45, 2.75) is 33.4 Å². The lowest BCUT2D eigenvalue weighted by atomic mass is 10.2. The molecule has 7 heteroatoms. The number of amides is 1. The molecule has 1 unspecified atom stereocenters. The fourth-order valence-electron chi connectivity index (χ4n) is 1.94. The van der Waals surface area contributed by atoms with Crippen molar-refractivity contribution in [2.24, 2.45) is 10.9 Å². The number of amidine groups is 1. The van der Waals surface area contributed by atoms with Crippen molar-refractivity contribution in [3.63, 3.8) is 0 Å². The van der Waals surface area contributed by atoms with Gasteiger partial charge in [-0.2, -0.15) is 0 Å². The number of carbonyl (C=O) groups excluding carboxylic acids is 1. The number of likely N-dealkylation sites (N-methyl/N-ethyl adjacent to an activating group) is 1. The summed E-state index contributed by atoms with van der Waals surface area (Å²) in [6, 6.07) is 3.26. The van der Waals surface area contributed by atoms with E-state index in [9.17, 15) is 4.79 Å². The molecule has 0 saturated heterocycles. The van der Waals surface area contributed by atoms with E-state index in [-0.39, 0.29) is 17.8 Å². The molecule has 4 N–H and O–H groups in total. The lowest BCUT2D eigenvalue weighted by Crippen LogP contribution is -2.44. The largest absolute Gasteiger partial charge is 0.409 e. The lowest BCUT2D eigenvalue weighted by molar-refractivity contribution is -0.132. The molecule has 1 atom stereocenters. The van der Waals surface area contributed by atoms with Crippen LogP contribution in [0, 0.1) is 0 Å². The fourth-order valence-corrected chi connectivity index (χ4v) is 1.94. The van der Waals surface area contributed by atoms with Crippen LogP contribution in [0.5, 0.6) is 0 Å². The molecule has 0 aliphatic heterocycles. The highest BCUT2D eigenvalue weighted by Crippen LogP contribution is 2.03. The molecule has 1 heterocycles. The zero-order valence-corrected chi connectivity index (χ0v) is 12.7. The van der Waals surface area contributed by atoms with Crippen molar-refractivity contribution in [1.29, 1.82) is 0 Å². The van der Waals surface area contributed by atoms with Crippen LogP contribution in [-0.4, -0.2) is 46.0 Å². The summed E-state index contributed by atoms with van der Waals surface area (Å²) in [7, 11) is 0. The minimum absolute atomic E-state index is 0.0379. The number of aromatic nitrogens is 1. The van der Waals surface area contributed by atoms with E-state index in [2.05, 4.69) is 15.5 Å². The van der Waals surface area contributed by atoms with Crippen LogP contribution in [0.4, 0.5) is 0 Å². The topological polar surface area (TPSA) is 104 Å². The van der Waals surface area contributed by atoms with E-state index in [0.717, 1.165) is 5.56 Å². The van der Waals surface area contributed by atoms with Gasteiger partial charge in [-0.1, -0.05) is 5.16 Å². The Bertz CT molecular complexity index is 500. The van der Waals surface area contributed by atoms with E-state index in [0.29, 0.717) is 25.3 Å². The van der Waals surface area contributed by atoms with Crippen molar-refractivity contribution >= 4 is 11.7 Å². The maximum Gasteiger partial charge on any atom is 0.239 e. The van der Waals surface area contributed by atoms with Crippen molar-refractivity contribution in [1.82, 2.24) is 15.2 Å². The zero-order valence-electron chi connectivity index (χ0n) is 12.7. The van der Waals surface area contributed by atoms with Crippen LogP contribution in [0.2, 0.25) is 0 Å². The molecular formula is C14H23N5O2. The van der Waals surface area contributed by atoms with Gasteiger partial charge in [-0.05, 0) is 38.5 Å². The molecule has 21 heavy (non-hydrogen) atoms. The number of rotatable bonds is 7. The van der Waals surface area contributed by atoms with Gasteiger partial charge in [-0.25, -0.2) is 0 Å². The highest BCUT2D eigenvalue weighted by atomic mass is 16.4. The highest BCUT2D eigenvalue weighted by Gasteiger charge is 2.17.